The van der Waals surface area contributed by atoms with Crippen molar-refractivity contribution in [2.75, 3.05) is 13.1 Å². The Bertz CT molecular complexity index is 966. The van der Waals surface area contributed by atoms with E-state index in [1.54, 1.807) is 12.1 Å². The van der Waals surface area contributed by atoms with E-state index in [4.69, 9.17) is 16.3 Å². The van der Waals surface area contributed by atoms with Gasteiger partial charge in [-0.05, 0) is 68.1 Å². The van der Waals surface area contributed by atoms with Crippen molar-refractivity contribution in [3.05, 3.63) is 58.1 Å². The Morgan fingerprint density at radius 2 is 1.70 bits per heavy atom. The lowest BCUT2D eigenvalue weighted by Crippen LogP contribution is -2.35. The van der Waals surface area contributed by atoms with E-state index in [9.17, 15) is 13.2 Å². The number of benzene rings is 2. The number of halogens is 1. The summed E-state index contributed by atoms with van der Waals surface area (Å²) in [5, 5.41) is 0.100. The van der Waals surface area contributed by atoms with Gasteiger partial charge in [-0.2, -0.15) is 4.31 Å². The van der Waals surface area contributed by atoms with Gasteiger partial charge in [0, 0.05) is 13.1 Å². The van der Waals surface area contributed by atoms with Gasteiger partial charge in [-0.3, -0.25) is 0 Å². The van der Waals surface area contributed by atoms with Crippen LogP contribution in [-0.4, -0.2) is 31.8 Å². The third-order valence-corrected chi connectivity index (χ3v) is 7.17. The molecule has 0 N–H and O–H groups in total. The quantitative estimate of drug-likeness (QED) is 0.558. The predicted molar refractivity (Wildman–Crippen MR) is 105 cm³/mol. The molecule has 2 aromatic carbocycles. The largest absolute Gasteiger partial charge is 0.423 e. The van der Waals surface area contributed by atoms with E-state index in [0.29, 0.717) is 18.8 Å². The molecule has 0 atom stereocenters. The lowest BCUT2D eigenvalue weighted by atomic mass is 10.1. The molecule has 0 radical (unpaired) electrons. The monoisotopic (exact) mass is 407 g/mol. The molecule has 0 bridgehead atoms. The third-order valence-electron chi connectivity index (χ3n) is 4.79. The first kappa shape index (κ1) is 19.9. The van der Waals surface area contributed by atoms with Gasteiger partial charge in [0.25, 0.3) is 0 Å². The second-order valence-corrected chi connectivity index (χ2v) is 9.06. The fourth-order valence-corrected chi connectivity index (χ4v) is 5.03. The summed E-state index contributed by atoms with van der Waals surface area (Å²) in [7, 11) is -3.74. The molecule has 1 aliphatic rings. The minimum atomic E-state index is -3.74. The Labute approximate surface area is 165 Å². The number of esters is 1. The Kier molecular flexibility index (Phi) is 5.89. The summed E-state index contributed by atoms with van der Waals surface area (Å²) in [4.78, 5) is 12.4. The first-order valence-corrected chi connectivity index (χ1v) is 10.7. The first-order valence-electron chi connectivity index (χ1n) is 8.88. The van der Waals surface area contributed by atoms with Crippen LogP contribution < -0.4 is 4.74 Å². The van der Waals surface area contributed by atoms with Crippen LogP contribution >= 0.6 is 11.6 Å². The number of carbonyl (C=O) groups excluding carboxylic acids is 1. The summed E-state index contributed by atoms with van der Waals surface area (Å²) >= 11 is 6.15. The van der Waals surface area contributed by atoms with Gasteiger partial charge in [-0.15, -0.1) is 0 Å². The number of hydrogen-bond donors (Lipinski definition) is 0. The molecule has 1 fully saturated rings. The first-order chi connectivity index (χ1) is 12.8. The minimum Gasteiger partial charge on any atom is -0.423 e. The highest BCUT2D eigenvalue weighted by atomic mass is 35.5. The van der Waals surface area contributed by atoms with Crippen molar-refractivity contribution in [2.24, 2.45) is 0 Å². The molecule has 0 aliphatic carbocycles. The molecule has 7 heteroatoms. The molecule has 27 heavy (non-hydrogen) atoms. The molecule has 0 spiro atoms. The fourth-order valence-electron chi connectivity index (χ4n) is 3.02. The van der Waals surface area contributed by atoms with Crippen molar-refractivity contribution in [3.8, 4) is 5.75 Å². The van der Waals surface area contributed by atoms with Gasteiger partial charge in [-0.25, -0.2) is 13.2 Å². The molecule has 144 valence electrons. The summed E-state index contributed by atoms with van der Waals surface area (Å²) in [6.07, 6.45) is 2.67. The van der Waals surface area contributed by atoms with Gasteiger partial charge in [0.15, 0.2) is 0 Å². The summed E-state index contributed by atoms with van der Waals surface area (Å²) in [5.41, 5.74) is 2.24. The van der Waals surface area contributed by atoms with E-state index in [1.807, 2.05) is 19.9 Å². The molecule has 1 heterocycles. The molecule has 0 aromatic heterocycles. The van der Waals surface area contributed by atoms with Crippen LogP contribution in [0.1, 0.15) is 40.7 Å². The minimum absolute atomic E-state index is 0.0550. The number of nitrogens with zero attached hydrogens (tertiary/aromatic N) is 1. The van der Waals surface area contributed by atoms with Crippen LogP contribution in [0.15, 0.2) is 41.3 Å². The molecule has 0 amide bonds. The maximum Gasteiger partial charge on any atom is 0.343 e. The zero-order valence-electron chi connectivity index (χ0n) is 15.4. The average molecular weight is 408 g/mol. The van der Waals surface area contributed by atoms with Crippen LogP contribution in [0.5, 0.6) is 5.75 Å². The molecule has 3 rings (SSSR count). The summed E-state index contributed by atoms with van der Waals surface area (Å²) in [5.74, 6) is -0.205. The van der Waals surface area contributed by atoms with Gasteiger partial charge >= 0.3 is 5.97 Å². The van der Waals surface area contributed by atoms with Crippen LogP contribution in [0.4, 0.5) is 0 Å². The highest BCUT2D eigenvalue weighted by molar-refractivity contribution is 7.89. The lowest BCUT2D eigenvalue weighted by molar-refractivity contribution is 0.0734. The number of aryl methyl sites for hydroxylation is 2. The lowest BCUT2D eigenvalue weighted by Gasteiger charge is -2.26. The van der Waals surface area contributed by atoms with Gasteiger partial charge < -0.3 is 4.74 Å². The Hall–Kier alpha value is -1.89. The topological polar surface area (TPSA) is 63.7 Å². The molecule has 0 unspecified atom stereocenters. The average Bonchev–Trinajstić information content (AvgIpc) is 2.65. The SMILES string of the molecule is Cc1ccc(OC(=O)c2ccc(Cl)c(S(=O)(=O)N3CCCCC3)c2)cc1C. The zero-order valence-corrected chi connectivity index (χ0v) is 16.9. The number of piperidine rings is 1. The molecule has 2 aromatic rings. The Morgan fingerprint density at radius 1 is 1.00 bits per heavy atom. The van der Waals surface area contributed by atoms with Crippen molar-refractivity contribution < 1.29 is 17.9 Å². The van der Waals surface area contributed by atoms with Gasteiger partial charge in [0.2, 0.25) is 10.0 Å². The second-order valence-electron chi connectivity index (χ2n) is 6.75. The maximum atomic E-state index is 12.9. The summed E-state index contributed by atoms with van der Waals surface area (Å²) in [6.45, 7) is 4.84. The Morgan fingerprint density at radius 3 is 2.37 bits per heavy atom. The molecule has 1 aliphatic heterocycles. The van der Waals surface area contributed by atoms with Gasteiger partial charge in [-0.1, -0.05) is 24.1 Å². The van der Waals surface area contributed by atoms with Crippen molar-refractivity contribution in [2.45, 2.75) is 38.0 Å². The molecular weight excluding hydrogens is 386 g/mol. The highest BCUT2D eigenvalue weighted by Gasteiger charge is 2.29. The normalized spacial score (nSPS) is 15.5. The fraction of sp³-hybridized carbons (Fsp3) is 0.350. The van der Waals surface area contributed by atoms with Gasteiger partial charge in [0.1, 0.15) is 10.6 Å². The number of carbonyl (C=O) groups is 1. The van der Waals surface area contributed by atoms with Crippen LogP contribution in [0.25, 0.3) is 0 Å². The second kappa shape index (κ2) is 8.00. The highest BCUT2D eigenvalue weighted by Crippen LogP contribution is 2.28. The zero-order chi connectivity index (χ0) is 19.6. The van der Waals surface area contributed by atoms with E-state index >= 15 is 0 Å². The van der Waals surface area contributed by atoms with E-state index in [2.05, 4.69) is 0 Å². The van der Waals surface area contributed by atoms with Gasteiger partial charge in [0.05, 0.1) is 10.6 Å². The van der Waals surface area contributed by atoms with Crippen molar-refractivity contribution in [3.63, 3.8) is 0 Å². The molecule has 0 saturated carbocycles. The Balaban J connectivity index is 1.88. The van der Waals surface area contributed by atoms with E-state index < -0.39 is 16.0 Å². The number of rotatable bonds is 4. The number of sulfonamides is 1. The summed E-state index contributed by atoms with van der Waals surface area (Å²) < 4.78 is 32.7. The van der Waals surface area contributed by atoms with Crippen LogP contribution in [0.3, 0.4) is 0 Å². The van der Waals surface area contributed by atoms with Crippen molar-refractivity contribution >= 4 is 27.6 Å². The van der Waals surface area contributed by atoms with Crippen molar-refractivity contribution in [1.29, 1.82) is 0 Å². The van der Waals surface area contributed by atoms with Crippen LogP contribution in [0, 0.1) is 13.8 Å². The van der Waals surface area contributed by atoms with E-state index in [1.165, 1.54) is 22.5 Å². The molecule has 5 nitrogen and oxygen atoms in total. The third kappa shape index (κ3) is 4.34. The van der Waals surface area contributed by atoms with Crippen LogP contribution in [-0.2, 0) is 10.0 Å². The van der Waals surface area contributed by atoms with E-state index in [-0.39, 0.29) is 15.5 Å². The number of hydrogen-bond acceptors (Lipinski definition) is 4. The van der Waals surface area contributed by atoms with Crippen LogP contribution in [0.2, 0.25) is 5.02 Å². The summed E-state index contributed by atoms with van der Waals surface area (Å²) in [6, 6.07) is 9.55. The predicted octanol–water partition coefficient (Wildman–Crippen LogP) is 4.35. The standard InChI is InChI=1S/C20H22ClNO4S/c1-14-6-8-17(12-15(14)2)26-20(23)16-7-9-18(21)19(13-16)27(24,25)22-10-4-3-5-11-22/h6-9,12-13H,3-5,10-11H2,1-2H3. The maximum absolute atomic E-state index is 12.9. The van der Waals surface area contributed by atoms with E-state index in [0.717, 1.165) is 30.4 Å². The molecular formula is C20H22ClNO4S. The van der Waals surface area contributed by atoms with Crippen molar-refractivity contribution in [1.82, 2.24) is 4.31 Å². The number of ether oxygens (including phenoxy) is 1. The molecule has 1 saturated heterocycles. The smallest absolute Gasteiger partial charge is 0.343 e.